The average molecular weight is 541 g/mol. The van der Waals surface area contributed by atoms with E-state index in [0.29, 0.717) is 18.4 Å². The molecule has 3 aromatic rings. The second-order valence-electron chi connectivity index (χ2n) is 9.08. The van der Waals surface area contributed by atoms with Crippen LogP contribution in [0.4, 0.5) is 26.3 Å². The van der Waals surface area contributed by atoms with E-state index < -0.39 is 42.0 Å². The highest BCUT2D eigenvalue weighted by Crippen LogP contribution is 2.33. The third kappa shape index (κ3) is 5.64. The number of halogens is 6. The Morgan fingerprint density at radius 2 is 1.68 bits per heavy atom. The van der Waals surface area contributed by atoms with Crippen LogP contribution < -0.4 is 5.32 Å². The minimum Gasteiger partial charge on any atom is -0.383 e. The van der Waals surface area contributed by atoms with Crippen molar-refractivity contribution in [3.05, 3.63) is 70.7 Å². The van der Waals surface area contributed by atoms with E-state index in [1.54, 1.807) is 5.32 Å². The van der Waals surface area contributed by atoms with E-state index in [4.69, 9.17) is 4.74 Å². The fourth-order valence-electron chi connectivity index (χ4n) is 4.75. The number of nitrogens with one attached hydrogen (secondary N) is 1. The smallest absolute Gasteiger partial charge is 0.383 e. The molecule has 0 saturated carbocycles. The first-order valence-corrected chi connectivity index (χ1v) is 11.9. The van der Waals surface area contributed by atoms with Crippen LogP contribution in [0, 0.1) is 17.5 Å². The Balaban J connectivity index is 1.49. The highest BCUT2D eigenvalue weighted by atomic mass is 19.4. The number of alkyl halides is 3. The Bertz CT molecular complexity index is 1350. The average Bonchev–Trinajstić information content (AvgIpc) is 3.29. The van der Waals surface area contributed by atoms with Crippen molar-refractivity contribution in [3.8, 4) is 0 Å². The molecule has 1 fully saturated rings. The van der Waals surface area contributed by atoms with E-state index in [0.717, 1.165) is 18.2 Å². The lowest BCUT2D eigenvalue weighted by Crippen LogP contribution is -2.38. The third-order valence-corrected chi connectivity index (χ3v) is 6.68. The number of methoxy groups -OCH3 is 1. The Hall–Kier alpha value is -3.54. The van der Waals surface area contributed by atoms with Crippen molar-refractivity contribution >= 4 is 22.7 Å². The number of likely N-dealkylation sites (tertiary alicyclic amines) is 1. The zero-order valence-corrected chi connectivity index (χ0v) is 20.4. The summed E-state index contributed by atoms with van der Waals surface area (Å²) in [4.78, 5) is 25.9. The van der Waals surface area contributed by atoms with Gasteiger partial charge in [-0.3, -0.25) is 9.59 Å². The molecule has 0 bridgehead atoms. The van der Waals surface area contributed by atoms with Gasteiger partial charge in [0.15, 0.2) is 0 Å². The van der Waals surface area contributed by atoms with E-state index in [9.17, 15) is 35.9 Å². The summed E-state index contributed by atoms with van der Waals surface area (Å²) >= 11 is 0. The lowest BCUT2D eigenvalue weighted by Gasteiger charge is -2.32. The van der Waals surface area contributed by atoms with Gasteiger partial charge in [0.25, 0.3) is 5.91 Å². The van der Waals surface area contributed by atoms with Gasteiger partial charge in [-0.1, -0.05) is 12.1 Å². The molecule has 1 aliphatic heterocycles. The van der Waals surface area contributed by atoms with Gasteiger partial charge < -0.3 is 19.5 Å². The molecule has 0 spiro atoms. The molecule has 6 nitrogen and oxygen atoms in total. The maximum absolute atomic E-state index is 14.7. The molecule has 1 aliphatic rings. The van der Waals surface area contributed by atoms with Crippen LogP contribution in [0.2, 0.25) is 0 Å². The summed E-state index contributed by atoms with van der Waals surface area (Å²) in [5, 5.41) is 1.64. The maximum Gasteiger partial charge on any atom is 0.471 e. The normalized spacial score (nSPS) is 14.8. The number of nitrogens with zero attached hydrogens (tertiary/aromatic N) is 2. The molecule has 0 radical (unpaired) electrons. The first kappa shape index (κ1) is 27.5. The molecule has 4 rings (SSSR count). The maximum atomic E-state index is 14.7. The number of carbonyl (C=O) groups excluding carboxylic acids is 2. The van der Waals surface area contributed by atoms with E-state index in [2.05, 4.69) is 0 Å². The zero-order chi connectivity index (χ0) is 27.6. The number of carbonyl (C=O) groups is 2. The SMILES string of the molecule is COCCn1cc(C(=O)N2CCC(c3cc(CNC(=O)C(F)(F)F)ccc3F)CC2)c2c(F)ccc(F)c21. The Morgan fingerprint density at radius 3 is 2.34 bits per heavy atom. The van der Waals surface area contributed by atoms with Gasteiger partial charge in [-0.05, 0) is 48.1 Å². The van der Waals surface area contributed by atoms with Crippen LogP contribution >= 0.6 is 0 Å². The third-order valence-electron chi connectivity index (χ3n) is 6.68. The molecule has 1 saturated heterocycles. The number of hydrogen-bond acceptors (Lipinski definition) is 3. The van der Waals surface area contributed by atoms with E-state index in [1.165, 1.54) is 34.9 Å². The summed E-state index contributed by atoms with van der Waals surface area (Å²) in [5.41, 5.74) is 0.566. The van der Waals surface area contributed by atoms with Gasteiger partial charge in [0.05, 0.1) is 23.1 Å². The van der Waals surface area contributed by atoms with Crippen molar-refractivity contribution in [2.75, 3.05) is 26.8 Å². The summed E-state index contributed by atoms with van der Waals surface area (Å²) in [6, 6.07) is 5.80. The van der Waals surface area contributed by atoms with Crippen LogP contribution in [0.1, 0.15) is 40.2 Å². The Morgan fingerprint density at radius 1 is 1.03 bits per heavy atom. The van der Waals surface area contributed by atoms with Gasteiger partial charge in [-0.15, -0.1) is 0 Å². The molecule has 0 atom stereocenters. The highest BCUT2D eigenvalue weighted by molar-refractivity contribution is 6.07. The number of benzene rings is 2. The van der Waals surface area contributed by atoms with Gasteiger partial charge in [-0.25, -0.2) is 13.2 Å². The predicted octanol–water partition coefficient (Wildman–Crippen LogP) is 4.90. The van der Waals surface area contributed by atoms with Crippen LogP contribution in [-0.4, -0.2) is 54.3 Å². The molecule has 0 unspecified atom stereocenters. The number of aromatic nitrogens is 1. The zero-order valence-electron chi connectivity index (χ0n) is 20.4. The standard InChI is InChI=1S/C26H25F6N3O3/c1-38-11-10-35-14-18(22-20(28)4-5-21(29)23(22)35)24(36)34-8-6-16(7-9-34)17-12-15(2-3-19(17)27)13-33-25(37)26(30,31)32/h2-5,12,14,16H,6-11,13H2,1H3,(H,33,37). The van der Waals surface area contributed by atoms with Crippen LogP contribution in [0.3, 0.4) is 0 Å². The molecule has 1 N–H and O–H groups in total. The summed E-state index contributed by atoms with van der Waals surface area (Å²) in [7, 11) is 1.47. The molecule has 2 heterocycles. The summed E-state index contributed by atoms with van der Waals surface area (Å²) in [6.45, 7) is 0.433. The molecule has 2 amide bonds. The lowest BCUT2D eigenvalue weighted by atomic mass is 9.88. The summed E-state index contributed by atoms with van der Waals surface area (Å²) in [5.74, 6) is -4.84. The largest absolute Gasteiger partial charge is 0.471 e. The van der Waals surface area contributed by atoms with Gasteiger partial charge in [0.1, 0.15) is 17.5 Å². The van der Waals surface area contributed by atoms with Gasteiger partial charge in [0.2, 0.25) is 0 Å². The molecular weight excluding hydrogens is 516 g/mol. The number of rotatable bonds is 7. The molecule has 12 heteroatoms. The minimum atomic E-state index is -5.02. The van der Waals surface area contributed by atoms with E-state index in [1.807, 2.05) is 0 Å². The number of piperidine rings is 1. The van der Waals surface area contributed by atoms with E-state index in [-0.39, 0.29) is 54.2 Å². The van der Waals surface area contributed by atoms with Crippen LogP contribution in [0.25, 0.3) is 10.9 Å². The monoisotopic (exact) mass is 541 g/mol. The first-order valence-electron chi connectivity index (χ1n) is 11.9. The Kier molecular flexibility index (Phi) is 8.00. The number of hydrogen-bond donors (Lipinski definition) is 1. The minimum absolute atomic E-state index is 0.0140. The van der Waals surface area contributed by atoms with Crippen LogP contribution in [0.5, 0.6) is 0 Å². The fraction of sp³-hybridized carbons (Fsp3) is 0.385. The molecule has 204 valence electrons. The number of amides is 2. The van der Waals surface area contributed by atoms with Crippen molar-refractivity contribution in [1.82, 2.24) is 14.8 Å². The number of ether oxygens (including phenoxy) is 1. The second kappa shape index (κ2) is 11.1. The lowest BCUT2D eigenvalue weighted by molar-refractivity contribution is -0.173. The Labute approximate surface area is 214 Å². The highest BCUT2D eigenvalue weighted by Gasteiger charge is 2.38. The van der Waals surface area contributed by atoms with Crippen molar-refractivity contribution in [2.24, 2.45) is 0 Å². The van der Waals surface area contributed by atoms with Gasteiger partial charge in [0, 0.05) is 39.5 Å². The van der Waals surface area contributed by atoms with Crippen molar-refractivity contribution in [2.45, 2.75) is 38.0 Å². The number of fused-ring (bicyclic) bond motifs is 1. The molecule has 38 heavy (non-hydrogen) atoms. The van der Waals surface area contributed by atoms with E-state index >= 15 is 0 Å². The molecular formula is C26H25F6N3O3. The van der Waals surface area contributed by atoms with Crippen molar-refractivity contribution in [3.63, 3.8) is 0 Å². The van der Waals surface area contributed by atoms with Crippen molar-refractivity contribution < 1.29 is 40.7 Å². The predicted molar refractivity (Wildman–Crippen MR) is 126 cm³/mol. The van der Waals surface area contributed by atoms with Crippen LogP contribution in [0.15, 0.2) is 36.5 Å². The molecule has 0 aliphatic carbocycles. The fourth-order valence-corrected chi connectivity index (χ4v) is 4.75. The van der Waals surface area contributed by atoms with Crippen molar-refractivity contribution in [1.29, 1.82) is 0 Å². The van der Waals surface area contributed by atoms with Gasteiger partial charge in [-0.2, -0.15) is 13.2 Å². The molecule has 1 aromatic heterocycles. The van der Waals surface area contributed by atoms with Gasteiger partial charge >= 0.3 is 12.1 Å². The quantitative estimate of drug-likeness (QED) is 0.433. The summed E-state index contributed by atoms with van der Waals surface area (Å²) in [6.07, 6.45) is -2.92. The topological polar surface area (TPSA) is 63.6 Å². The second-order valence-corrected chi connectivity index (χ2v) is 9.08. The summed E-state index contributed by atoms with van der Waals surface area (Å²) < 4.78 is 87.7. The first-order chi connectivity index (χ1) is 18.0. The van der Waals surface area contributed by atoms with Crippen LogP contribution in [-0.2, 0) is 22.6 Å². The molecule has 2 aromatic carbocycles.